The van der Waals surface area contributed by atoms with Crippen LogP contribution in [0.2, 0.25) is 0 Å². The molecule has 0 fully saturated rings. The second kappa shape index (κ2) is 10.8. The van der Waals surface area contributed by atoms with Crippen LogP contribution in [-0.4, -0.2) is 23.3 Å². The third-order valence-corrected chi connectivity index (χ3v) is 5.27. The molecule has 3 rings (SSSR count). The zero-order valence-electron chi connectivity index (χ0n) is 19.6. The molecular formula is C27H31N3O3. The summed E-state index contributed by atoms with van der Waals surface area (Å²) in [5.74, 6) is 0.163. The Morgan fingerprint density at radius 2 is 1.76 bits per heavy atom. The molecule has 0 bridgehead atoms. The van der Waals surface area contributed by atoms with Gasteiger partial charge in [0.1, 0.15) is 12.4 Å². The zero-order chi connectivity index (χ0) is 23.8. The first-order chi connectivity index (χ1) is 15.7. The molecule has 0 spiro atoms. The molecule has 2 amide bonds. The van der Waals surface area contributed by atoms with E-state index >= 15 is 0 Å². The van der Waals surface area contributed by atoms with Crippen molar-refractivity contribution in [2.75, 3.05) is 6.54 Å². The van der Waals surface area contributed by atoms with Gasteiger partial charge < -0.3 is 15.4 Å². The Labute approximate surface area is 195 Å². The molecule has 2 aromatic carbocycles. The fourth-order valence-corrected chi connectivity index (χ4v) is 3.27. The van der Waals surface area contributed by atoms with Crippen LogP contribution in [0.5, 0.6) is 5.75 Å². The number of carbonyl (C=O) groups is 2. The molecule has 6 heteroatoms. The number of pyridine rings is 1. The zero-order valence-corrected chi connectivity index (χ0v) is 19.6. The summed E-state index contributed by atoms with van der Waals surface area (Å²) in [6, 6.07) is 20.5. The normalized spacial score (nSPS) is 12.0. The topological polar surface area (TPSA) is 80.3 Å². The largest absolute Gasteiger partial charge is 0.487 e. The fraction of sp³-hybridized carbons (Fsp3) is 0.296. The van der Waals surface area contributed by atoms with Gasteiger partial charge in [-0.25, -0.2) is 0 Å². The first-order valence-corrected chi connectivity index (χ1v) is 11.0. The number of carbonyl (C=O) groups excluding carboxylic acids is 2. The molecule has 0 saturated carbocycles. The van der Waals surface area contributed by atoms with Gasteiger partial charge in [-0.2, -0.15) is 0 Å². The maximum absolute atomic E-state index is 12.4. The van der Waals surface area contributed by atoms with Crippen LogP contribution < -0.4 is 15.4 Å². The standard InChI is InChI=1S/C27H31N3O3/c1-19(21-8-7-10-24(16-21)33-18-23-9-5-6-15-28-23)30-25(31)17-29-26(32)20-11-13-22(14-12-20)27(2,3)4/h5-16,19H,17-18H2,1-4H3,(H,29,32)(H,30,31). The summed E-state index contributed by atoms with van der Waals surface area (Å²) in [5, 5.41) is 5.59. The van der Waals surface area contributed by atoms with Gasteiger partial charge in [0.15, 0.2) is 0 Å². The van der Waals surface area contributed by atoms with Crippen molar-refractivity contribution in [2.24, 2.45) is 0 Å². The van der Waals surface area contributed by atoms with Crippen LogP contribution in [0, 0.1) is 0 Å². The first-order valence-electron chi connectivity index (χ1n) is 11.0. The highest BCUT2D eigenvalue weighted by Gasteiger charge is 2.15. The minimum Gasteiger partial charge on any atom is -0.487 e. The molecular weight excluding hydrogens is 414 g/mol. The van der Waals surface area contributed by atoms with Crippen LogP contribution in [0.25, 0.3) is 0 Å². The second-order valence-electron chi connectivity index (χ2n) is 8.98. The fourth-order valence-electron chi connectivity index (χ4n) is 3.27. The van der Waals surface area contributed by atoms with E-state index in [4.69, 9.17) is 4.74 Å². The van der Waals surface area contributed by atoms with E-state index in [0.29, 0.717) is 17.9 Å². The molecule has 3 aromatic rings. The lowest BCUT2D eigenvalue weighted by molar-refractivity contribution is -0.120. The maximum Gasteiger partial charge on any atom is 0.251 e. The predicted octanol–water partition coefficient (Wildman–Crippen LogP) is 4.57. The van der Waals surface area contributed by atoms with E-state index in [1.54, 1.807) is 18.3 Å². The number of hydrogen-bond acceptors (Lipinski definition) is 4. The second-order valence-corrected chi connectivity index (χ2v) is 8.98. The third kappa shape index (κ3) is 7.17. The van der Waals surface area contributed by atoms with E-state index in [0.717, 1.165) is 16.8 Å². The number of aromatic nitrogens is 1. The van der Waals surface area contributed by atoms with E-state index in [-0.39, 0.29) is 29.8 Å². The summed E-state index contributed by atoms with van der Waals surface area (Å²) in [5.41, 5.74) is 3.45. The minimum atomic E-state index is -0.275. The highest BCUT2D eigenvalue weighted by atomic mass is 16.5. The average molecular weight is 446 g/mol. The van der Waals surface area contributed by atoms with Gasteiger partial charge in [0.05, 0.1) is 18.3 Å². The molecule has 0 aliphatic carbocycles. The molecule has 172 valence electrons. The smallest absolute Gasteiger partial charge is 0.251 e. The number of nitrogens with one attached hydrogen (secondary N) is 2. The van der Waals surface area contributed by atoms with Gasteiger partial charge in [0, 0.05) is 11.8 Å². The van der Waals surface area contributed by atoms with Crippen LogP contribution in [-0.2, 0) is 16.8 Å². The Hall–Kier alpha value is -3.67. The quantitative estimate of drug-likeness (QED) is 0.532. The molecule has 0 aliphatic heterocycles. The van der Waals surface area contributed by atoms with Crippen molar-refractivity contribution < 1.29 is 14.3 Å². The van der Waals surface area contributed by atoms with Crippen molar-refractivity contribution in [3.8, 4) is 5.75 Å². The Morgan fingerprint density at radius 3 is 2.42 bits per heavy atom. The van der Waals surface area contributed by atoms with E-state index in [2.05, 4.69) is 36.4 Å². The molecule has 0 aliphatic rings. The molecule has 1 unspecified atom stereocenters. The summed E-state index contributed by atoms with van der Waals surface area (Å²) < 4.78 is 5.81. The molecule has 0 radical (unpaired) electrons. The average Bonchev–Trinajstić information content (AvgIpc) is 2.81. The molecule has 1 heterocycles. The number of hydrogen-bond donors (Lipinski definition) is 2. The van der Waals surface area contributed by atoms with Gasteiger partial charge in [0.25, 0.3) is 5.91 Å². The minimum absolute atomic E-state index is 0.0197. The van der Waals surface area contributed by atoms with E-state index in [9.17, 15) is 9.59 Å². The monoisotopic (exact) mass is 445 g/mol. The number of rotatable bonds is 8. The predicted molar refractivity (Wildman–Crippen MR) is 129 cm³/mol. The van der Waals surface area contributed by atoms with Gasteiger partial charge in [0.2, 0.25) is 5.91 Å². The Balaban J connectivity index is 1.49. The van der Waals surface area contributed by atoms with Crippen LogP contribution in [0.1, 0.15) is 60.9 Å². The molecule has 1 atom stereocenters. The maximum atomic E-state index is 12.4. The lowest BCUT2D eigenvalue weighted by Crippen LogP contribution is -2.38. The van der Waals surface area contributed by atoms with Crippen LogP contribution >= 0.6 is 0 Å². The number of benzene rings is 2. The number of nitrogens with zero attached hydrogens (tertiary/aromatic N) is 1. The summed E-state index contributed by atoms with van der Waals surface area (Å²) in [6.07, 6.45) is 1.73. The van der Waals surface area contributed by atoms with Crippen LogP contribution in [0.3, 0.4) is 0 Å². The van der Waals surface area contributed by atoms with Gasteiger partial charge >= 0.3 is 0 Å². The van der Waals surface area contributed by atoms with Crippen molar-refractivity contribution in [3.63, 3.8) is 0 Å². The summed E-state index contributed by atoms with van der Waals surface area (Å²) >= 11 is 0. The highest BCUT2D eigenvalue weighted by molar-refractivity contribution is 5.96. The van der Waals surface area contributed by atoms with Gasteiger partial charge in [-0.1, -0.05) is 51.1 Å². The van der Waals surface area contributed by atoms with E-state index in [1.165, 1.54) is 0 Å². The lowest BCUT2D eigenvalue weighted by Gasteiger charge is -2.19. The summed E-state index contributed by atoms with van der Waals surface area (Å²) in [4.78, 5) is 29.0. The molecule has 1 aromatic heterocycles. The van der Waals surface area contributed by atoms with Crippen molar-refractivity contribution in [1.82, 2.24) is 15.6 Å². The molecule has 2 N–H and O–H groups in total. The van der Waals surface area contributed by atoms with Gasteiger partial charge in [-0.3, -0.25) is 14.6 Å². The molecule has 33 heavy (non-hydrogen) atoms. The van der Waals surface area contributed by atoms with Crippen molar-refractivity contribution in [3.05, 3.63) is 95.3 Å². The van der Waals surface area contributed by atoms with Crippen LogP contribution in [0.4, 0.5) is 0 Å². The van der Waals surface area contributed by atoms with E-state index in [1.807, 2.05) is 61.5 Å². The molecule has 0 saturated heterocycles. The van der Waals surface area contributed by atoms with Gasteiger partial charge in [-0.05, 0) is 59.9 Å². The van der Waals surface area contributed by atoms with Crippen LogP contribution in [0.15, 0.2) is 72.9 Å². The summed E-state index contributed by atoms with van der Waals surface area (Å²) in [7, 11) is 0. The van der Waals surface area contributed by atoms with Crippen molar-refractivity contribution in [1.29, 1.82) is 0 Å². The van der Waals surface area contributed by atoms with Gasteiger partial charge in [-0.15, -0.1) is 0 Å². The lowest BCUT2D eigenvalue weighted by atomic mass is 9.87. The Morgan fingerprint density at radius 1 is 1.00 bits per heavy atom. The first kappa shape index (κ1) is 24.0. The SMILES string of the molecule is CC(NC(=O)CNC(=O)c1ccc(C(C)(C)C)cc1)c1cccc(OCc2ccccn2)c1. The Bertz CT molecular complexity index is 1070. The third-order valence-electron chi connectivity index (χ3n) is 5.27. The number of ether oxygens (including phenoxy) is 1. The van der Waals surface area contributed by atoms with E-state index < -0.39 is 0 Å². The highest BCUT2D eigenvalue weighted by Crippen LogP contribution is 2.22. The number of amides is 2. The summed E-state index contributed by atoms with van der Waals surface area (Å²) in [6.45, 7) is 8.53. The molecule has 6 nitrogen and oxygen atoms in total. The Kier molecular flexibility index (Phi) is 7.83. The van der Waals surface area contributed by atoms with Crippen molar-refractivity contribution >= 4 is 11.8 Å². The van der Waals surface area contributed by atoms with Crippen molar-refractivity contribution in [2.45, 2.75) is 45.8 Å².